The SMILES string of the molecule is Cc1ccc(-c2ccc3c(c2)c2cc(-c4ccc5c(c4)c4ccccc4n5-c4ccc(C)cc4)ccc2n3-c2ccccc2)cc1. The summed E-state index contributed by atoms with van der Waals surface area (Å²) in [5.41, 5.74) is 14.7. The number of benzene rings is 7. The number of fused-ring (bicyclic) bond motifs is 6. The first-order valence-corrected chi connectivity index (χ1v) is 15.9. The lowest BCUT2D eigenvalue weighted by Crippen LogP contribution is -1.93. The number of rotatable bonds is 4. The molecule has 2 aromatic heterocycles. The molecular weight excluding hydrogens is 556 g/mol. The molecule has 0 saturated carbocycles. The van der Waals surface area contributed by atoms with E-state index < -0.39 is 0 Å². The predicted molar refractivity (Wildman–Crippen MR) is 195 cm³/mol. The van der Waals surface area contributed by atoms with Gasteiger partial charge < -0.3 is 9.13 Å². The van der Waals surface area contributed by atoms with Gasteiger partial charge in [0.05, 0.1) is 22.1 Å². The van der Waals surface area contributed by atoms with Crippen LogP contribution < -0.4 is 0 Å². The fourth-order valence-corrected chi connectivity index (χ4v) is 7.11. The Morgan fingerprint density at radius 2 is 0.696 bits per heavy atom. The summed E-state index contributed by atoms with van der Waals surface area (Å²) in [4.78, 5) is 0. The quantitative estimate of drug-likeness (QED) is 0.194. The molecule has 0 atom stereocenters. The Bertz CT molecular complexity index is 2560. The van der Waals surface area contributed by atoms with Gasteiger partial charge in [-0.1, -0.05) is 102 Å². The van der Waals surface area contributed by atoms with Crippen molar-refractivity contribution in [3.63, 3.8) is 0 Å². The lowest BCUT2D eigenvalue weighted by Gasteiger charge is -2.09. The van der Waals surface area contributed by atoms with Crippen molar-refractivity contribution in [1.82, 2.24) is 9.13 Å². The Morgan fingerprint density at radius 1 is 0.304 bits per heavy atom. The Morgan fingerprint density at radius 3 is 1.26 bits per heavy atom. The van der Waals surface area contributed by atoms with Gasteiger partial charge in [-0.2, -0.15) is 0 Å². The van der Waals surface area contributed by atoms with Crippen molar-refractivity contribution in [3.8, 4) is 33.6 Å². The van der Waals surface area contributed by atoms with Crippen LogP contribution in [0.1, 0.15) is 11.1 Å². The van der Waals surface area contributed by atoms with E-state index in [0.29, 0.717) is 0 Å². The molecular formula is C44H32N2. The zero-order chi connectivity index (χ0) is 30.8. The van der Waals surface area contributed by atoms with Crippen molar-refractivity contribution in [3.05, 3.63) is 169 Å². The molecule has 9 aromatic rings. The number of hydrogen-bond donors (Lipinski definition) is 0. The minimum absolute atomic E-state index is 1.17. The van der Waals surface area contributed by atoms with E-state index >= 15 is 0 Å². The molecule has 2 heteroatoms. The van der Waals surface area contributed by atoms with Crippen molar-refractivity contribution in [2.24, 2.45) is 0 Å². The highest BCUT2D eigenvalue weighted by Gasteiger charge is 2.16. The standard InChI is InChI=1S/C44H32N2/c1-29-12-16-31(17-13-29)32-18-23-43-39(26-32)40-28-34(20-25-44(40)45(43)35-8-4-3-5-9-35)33-19-24-42-38(27-33)37-10-6-7-11-41(37)46(42)36-21-14-30(2)15-22-36/h3-28H,1-2H3. The molecule has 218 valence electrons. The average Bonchev–Trinajstić information content (AvgIpc) is 3.61. The highest BCUT2D eigenvalue weighted by Crippen LogP contribution is 2.39. The largest absolute Gasteiger partial charge is 0.309 e. The van der Waals surface area contributed by atoms with E-state index in [0.717, 1.165) is 0 Å². The van der Waals surface area contributed by atoms with Crippen LogP contribution in [0.25, 0.3) is 77.2 Å². The fourth-order valence-electron chi connectivity index (χ4n) is 7.11. The number of para-hydroxylation sites is 2. The van der Waals surface area contributed by atoms with Crippen LogP contribution in [-0.4, -0.2) is 9.13 Å². The summed E-state index contributed by atoms with van der Waals surface area (Å²) in [6.07, 6.45) is 0. The Labute approximate surface area is 268 Å². The van der Waals surface area contributed by atoms with Crippen molar-refractivity contribution in [2.45, 2.75) is 13.8 Å². The first-order chi connectivity index (χ1) is 22.6. The summed E-state index contributed by atoms with van der Waals surface area (Å²) in [7, 11) is 0. The first-order valence-electron chi connectivity index (χ1n) is 15.9. The van der Waals surface area contributed by atoms with Gasteiger partial charge in [0.15, 0.2) is 0 Å². The second-order valence-corrected chi connectivity index (χ2v) is 12.4. The number of hydrogen-bond acceptors (Lipinski definition) is 0. The minimum atomic E-state index is 1.17. The van der Waals surface area contributed by atoms with E-state index in [1.165, 1.54) is 88.4 Å². The number of aryl methyl sites for hydroxylation is 2. The first kappa shape index (κ1) is 26.5. The number of nitrogens with zero attached hydrogens (tertiary/aromatic N) is 2. The predicted octanol–water partition coefficient (Wildman–Crippen LogP) is 11.8. The maximum Gasteiger partial charge on any atom is 0.0541 e. The average molecular weight is 589 g/mol. The van der Waals surface area contributed by atoms with Crippen molar-refractivity contribution >= 4 is 43.6 Å². The number of aromatic nitrogens is 2. The maximum atomic E-state index is 2.39. The molecule has 0 amide bonds. The van der Waals surface area contributed by atoms with Gasteiger partial charge in [0.2, 0.25) is 0 Å². The van der Waals surface area contributed by atoms with Gasteiger partial charge in [0.1, 0.15) is 0 Å². The molecule has 0 radical (unpaired) electrons. The Hall–Kier alpha value is -5.86. The lowest BCUT2D eigenvalue weighted by molar-refractivity contribution is 1.17. The van der Waals surface area contributed by atoms with Gasteiger partial charge in [-0.05, 0) is 103 Å². The van der Waals surface area contributed by atoms with Crippen LogP contribution in [0.3, 0.4) is 0 Å². The summed E-state index contributed by atoms with van der Waals surface area (Å²) in [6, 6.07) is 57.9. The van der Waals surface area contributed by atoms with E-state index in [9.17, 15) is 0 Å². The molecule has 0 saturated heterocycles. The monoisotopic (exact) mass is 588 g/mol. The van der Waals surface area contributed by atoms with Gasteiger partial charge in [0, 0.05) is 32.9 Å². The molecule has 0 unspecified atom stereocenters. The van der Waals surface area contributed by atoms with E-state index in [-0.39, 0.29) is 0 Å². The molecule has 0 bridgehead atoms. The van der Waals surface area contributed by atoms with Crippen LogP contribution in [0, 0.1) is 13.8 Å². The lowest BCUT2D eigenvalue weighted by atomic mass is 9.99. The van der Waals surface area contributed by atoms with Crippen molar-refractivity contribution in [1.29, 1.82) is 0 Å². The third kappa shape index (κ3) is 4.18. The summed E-state index contributed by atoms with van der Waals surface area (Å²) in [5, 5.41) is 5.05. The maximum absolute atomic E-state index is 2.39. The van der Waals surface area contributed by atoms with E-state index in [1.54, 1.807) is 0 Å². The minimum Gasteiger partial charge on any atom is -0.309 e. The van der Waals surface area contributed by atoms with Gasteiger partial charge in [0.25, 0.3) is 0 Å². The Kier molecular flexibility index (Phi) is 5.97. The molecule has 0 aliphatic carbocycles. The third-order valence-corrected chi connectivity index (χ3v) is 9.46. The van der Waals surface area contributed by atoms with Gasteiger partial charge in [-0.3, -0.25) is 0 Å². The smallest absolute Gasteiger partial charge is 0.0541 e. The second kappa shape index (κ2) is 10.4. The van der Waals surface area contributed by atoms with Gasteiger partial charge in [-0.15, -0.1) is 0 Å². The van der Waals surface area contributed by atoms with Crippen LogP contribution in [0.15, 0.2) is 158 Å². The summed E-state index contributed by atoms with van der Waals surface area (Å²) >= 11 is 0. The van der Waals surface area contributed by atoms with Crippen LogP contribution in [0.4, 0.5) is 0 Å². The molecule has 0 aliphatic rings. The van der Waals surface area contributed by atoms with Crippen LogP contribution in [-0.2, 0) is 0 Å². The van der Waals surface area contributed by atoms with E-state index in [4.69, 9.17) is 0 Å². The van der Waals surface area contributed by atoms with Gasteiger partial charge >= 0.3 is 0 Å². The highest BCUT2D eigenvalue weighted by atomic mass is 15.0. The highest BCUT2D eigenvalue weighted by molar-refractivity contribution is 6.13. The van der Waals surface area contributed by atoms with Crippen molar-refractivity contribution < 1.29 is 0 Å². The molecule has 0 N–H and O–H groups in total. The molecule has 9 rings (SSSR count). The fraction of sp³-hybridized carbons (Fsp3) is 0.0455. The summed E-state index contributed by atoms with van der Waals surface area (Å²) in [6.45, 7) is 4.28. The summed E-state index contributed by atoms with van der Waals surface area (Å²) < 4.78 is 4.78. The van der Waals surface area contributed by atoms with Crippen molar-refractivity contribution in [2.75, 3.05) is 0 Å². The molecule has 2 heterocycles. The zero-order valence-corrected chi connectivity index (χ0v) is 25.9. The molecule has 0 spiro atoms. The normalized spacial score (nSPS) is 11.7. The zero-order valence-electron chi connectivity index (χ0n) is 25.9. The van der Waals surface area contributed by atoms with Gasteiger partial charge in [-0.25, -0.2) is 0 Å². The molecule has 46 heavy (non-hydrogen) atoms. The second-order valence-electron chi connectivity index (χ2n) is 12.4. The molecule has 2 nitrogen and oxygen atoms in total. The van der Waals surface area contributed by atoms with E-state index in [1.807, 2.05) is 0 Å². The van der Waals surface area contributed by atoms with Crippen LogP contribution >= 0.6 is 0 Å². The molecule has 7 aromatic carbocycles. The van der Waals surface area contributed by atoms with Crippen LogP contribution in [0.2, 0.25) is 0 Å². The topological polar surface area (TPSA) is 9.86 Å². The molecule has 0 fully saturated rings. The molecule has 0 aliphatic heterocycles. The summed E-state index contributed by atoms with van der Waals surface area (Å²) in [5.74, 6) is 0. The Balaban J connectivity index is 1.26. The third-order valence-electron chi connectivity index (χ3n) is 9.46. The van der Waals surface area contributed by atoms with Crippen LogP contribution in [0.5, 0.6) is 0 Å². The van der Waals surface area contributed by atoms with E-state index in [2.05, 4.69) is 181 Å².